The fraction of sp³-hybridized carbons (Fsp3) is 1.00. The van der Waals surface area contributed by atoms with Gasteiger partial charge in [-0.2, -0.15) is 12.7 Å². The molecule has 6 heteroatoms. The highest BCUT2D eigenvalue weighted by Gasteiger charge is 2.21. The molecule has 0 aliphatic carbocycles. The molecule has 0 saturated heterocycles. The molecule has 0 spiro atoms. The molecule has 0 aliphatic heterocycles. The van der Waals surface area contributed by atoms with Crippen LogP contribution in [0, 0.1) is 5.92 Å². The molecule has 5 nitrogen and oxygen atoms in total. The minimum atomic E-state index is -3.39. The molecule has 0 aromatic rings. The van der Waals surface area contributed by atoms with Crippen LogP contribution in [0.15, 0.2) is 0 Å². The Labute approximate surface area is 105 Å². The summed E-state index contributed by atoms with van der Waals surface area (Å²) in [5, 5.41) is 8.90. The van der Waals surface area contributed by atoms with E-state index in [0.717, 1.165) is 12.8 Å². The highest BCUT2D eigenvalue weighted by Crippen LogP contribution is 2.10. The lowest BCUT2D eigenvalue weighted by Crippen LogP contribution is -2.43. The van der Waals surface area contributed by atoms with Gasteiger partial charge in [0.2, 0.25) is 0 Å². The van der Waals surface area contributed by atoms with Gasteiger partial charge in [-0.3, -0.25) is 0 Å². The molecule has 1 unspecified atom stereocenters. The maximum atomic E-state index is 11.8. The molecule has 2 N–H and O–H groups in total. The lowest BCUT2D eigenvalue weighted by molar-refractivity contribution is 0.251. The third-order valence-corrected chi connectivity index (χ3v) is 4.61. The lowest BCUT2D eigenvalue weighted by Gasteiger charge is -2.23. The van der Waals surface area contributed by atoms with Crippen LogP contribution in [-0.2, 0) is 10.2 Å². The minimum absolute atomic E-state index is 0.0602. The molecule has 104 valence electrons. The van der Waals surface area contributed by atoms with E-state index in [-0.39, 0.29) is 18.6 Å². The number of hydrogen-bond acceptors (Lipinski definition) is 3. The van der Waals surface area contributed by atoms with Crippen molar-refractivity contribution in [1.82, 2.24) is 9.03 Å². The van der Waals surface area contributed by atoms with Crippen molar-refractivity contribution in [3.05, 3.63) is 0 Å². The van der Waals surface area contributed by atoms with E-state index >= 15 is 0 Å². The van der Waals surface area contributed by atoms with Gasteiger partial charge < -0.3 is 5.11 Å². The van der Waals surface area contributed by atoms with Crippen molar-refractivity contribution in [2.45, 2.75) is 46.1 Å². The molecule has 0 radical (unpaired) electrons. The molecule has 0 saturated carbocycles. The predicted octanol–water partition coefficient (Wildman–Crippen LogP) is 0.960. The maximum absolute atomic E-state index is 11.8. The van der Waals surface area contributed by atoms with Crippen molar-refractivity contribution in [1.29, 1.82) is 0 Å². The monoisotopic (exact) mass is 266 g/mol. The Kier molecular flexibility index (Phi) is 7.94. The Balaban J connectivity index is 4.32. The van der Waals surface area contributed by atoms with Gasteiger partial charge in [0.1, 0.15) is 0 Å². The molecule has 0 aliphatic rings. The van der Waals surface area contributed by atoms with E-state index in [1.807, 2.05) is 13.8 Å². The molecule has 17 heavy (non-hydrogen) atoms. The number of aliphatic hydroxyl groups is 1. The fourth-order valence-electron chi connectivity index (χ4n) is 1.54. The first-order chi connectivity index (χ1) is 7.85. The highest BCUT2D eigenvalue weighted by atomic mass is 32.2. The van der Waals surface area contributed by atoms with Crippen LogP contribution in [0.5, 0.6) is 0 Å². The van der Waals surface area contributed by atoms with E-state index in [1.54, 1.807) is 7.05 Å². The van der Waals surface area contributed by atoms with Gasteiger partial charge in [-0.25, -0.2) is 4.72 Å². The zero-order chi connectivity index (χ0) is 13.5. The minimum Gasteiger partial charge on any atom is -0.396 e. The molecule has 0 aromatic heterocycles. The molecule has 1 atom stereocenters. The number of hydrogen-bond donors (Lipinski definition) is 2. The predicted molar refractivity (Wildman–Crippen MR) is 69.9 cm³/mol. The molecule has 0 fully saturated rings. The van der Waals surface area contributed by atoms with E-state index in [4.69, 9.17) is 5.11 Å². The van der Waals surface area contributed by atoms with Crippen LogP contribution in [0.1, 0.15) is 40.0 Å². The van der Waals surface area contributed by atoms with Gasteiger partial charge in [0, 0.05) is 26.2 Å². The quantitative estimate of drug-likeness (QED) is 0.653. The summed E-state index contributed by atoms with van der Waals surface area (Å²) in [5.41, 5.74) is 0. The zero-order valence-corrected chi connectivity index (χ0v) is 12.1. The standard InChI is InChI=1S/C11H26N2O3S/c1-5-6-11(7-8-14)9-12-17(15,16)13(4)10(2)3/h10-12,14H,5-9H2,1-4H3. The number of rotatable bonds is 9. The largest absolute Gasteiger partial charge is 0.396 e. The third-order valence-electron chi connectivity index (χ3n) is 2.90. The first-order valence-electron chi connectivity index (χ1n) is 6.18. The summed E-state index contributed by atoms with van der Waals surface area (Å²) in [4.78, 5) is 0. The SMILES string of the molecule is CCCC(CCO)CNS(=O)(=O)N(C)C(C)C. The second kappa shape index (κ2) is 8.02. The Morgan fingerprint density at radius 2 is 1.88 bits per heavy atom. The summed E-state index contributed by atoms with van der Waals surface area (Å²) in [6.45, 7) is 6.21. The molecule has 0 bridgehead atoms. The summed E-state index contributed by atoms with van der Waals surface area (Å²) in [5.74, 6) is 0.209. The van der Waals surface area contributed by atoms with Crippen molar-refractivity contribution >= 4 is 10.2 Å². The Morgan fingerprint density at radius 3 is 2.29 bits per heavy atom. The van der Waals surface area contributed by atoms with Crippen LogP contribution < -0.4 is 4.72 Å². The van der Waals surface area contributed by atoms with E-state index in [0.29, 0.717) is 13.0 Å². The van der Waals surface area contributed by atoms with E-state index in [2.05, 4.69) is 11.6 Å². The first kappa shape index (κ1) is 16.8. The van der Waals surface area contributed by atoms with Crippen LogP contribution in [0.4, 0.5) is 0 Å². The summed E-state index contributed by atoms with van der Waals surface area (Å²) in [6, 6.07) is -0.0602. The van der Waals surface area contributed by atoms with Gasteiger partial charge in [0.05, 0.1) is 0 Å². The molecule has 0 amide bonds. The van der Waals surface area contributed by atoms with Crippen LogP contribution in [0.2, 0.25) is 0 Å². The molecule has 0 rings (SSSR count). The van der Waals surface area contributed by atoms with Crippen LogP contribution in [0.3, 0.4) is 0 Å². The van der Waals surface area contributed by atoms with Crippen LogP contribution >= 0.6 is 0 Å². The van der Waals surface area contributed by atoms with Gasteiger partial charge in [-0.15, -0.1) is 0 Å². The average Bonchev–Trinajstić information content (AvgIpc) is 2.25. The molecule has 0 heterocycles. The van der Waals surface area contributed by atoms with E-state index < -0.39 is 10.2 Å². The van der Waals surface area contributed by atoms with Crippen LogP contribution in [0.25, 0.3) is 0 Å². The van der Waals surface area contributed by atoms with Gasteiger partial charge in [0.15, 0.2) is 0 Å². The molecule has 0 aromatic carbocycles. The van der Waals surface area contributed by atoms with Crippen LogP contribution in [-0.4, -0.2) is 44.1 Å². The first-order valence-corrected chi connectivity index (χ1v) is 7.62. The third kappa shape index (κ3) is 6.35. The topological polar surface area (TPSA) is 69.6 Å². The smallest absolute Gasteiger partial charge is 0.279 e. The second-order valence-electron chi connectivity index (χ2n) is 4.63. The van der Waals surface area contributed by atoms with Gasteiger partial charge in [-0.1, -0.05) is 13.3 Å². The van der Waals surface area contributed by atoms with Crippen molar-refractivity contribution in [3.8, 4) is 0 Å². The van der Waals surface area contributed by atoms with Gasteiger partial charge in [0.25, 0.3) is 10.2 Å². The van der Waals surface area contributed by atoms with Crippen molar-refractivity contribution in [3.63, 3.8) is 0 Å². The van der Waals surface area contributed by atoms with E-state index in [1.165, 1.54) is 4.31 Å². The Hall–Kier alpha value is -0.170. The molecular weight excluding hydrogens is 240 g/mol. The van der Waals surface area contributed by atoms with Gasteiger partial charge in [-0.05, 0) is 32.6 Å². The number of nitrogens with zero attached hydrogens (tertiary/aromatic N) is 1. The Bertz CT molecular complexity index is 285. The van der Waals surface area contributed by atoms with Crippen molar-refractivity contribution < 1.29 is 13.5 Å². The summed E-state index contributed by atoms with van der Waals surface area (Å²) < 4.78 is 27.6. The van der Waals surface area contributed by atoms with Crippen molar-refractivity contribution in [2.75, 3.05) is 20.2 Å². The van der Waals surface area contributed by atoms with Crippen molar-refractivity contribution in [2.24, 2.45) is 5.92 Å². The highest BCUT2D eigenvalue weighted by molar-refractivity contribution is 7.87. The number of nitrogens with one attached hydrogen (secondary N) is 1. The summed E-state index contributed by atoms with van der Waals surface area (Å²) in [7, 11) is -1.83. The zero-order valence-electron chi connectivity index (χ0n) is 11.3. The Morgan fingerprint density at radius 1 is 1.29 bits per heavy atom. The molecular formula is C11H26N2O3S. The van der Waals surface area contributed by atoms with E-state index in [9.17, 15) is 8.42 Å². The fourth-order valence-corrected chi connectivity index (χ4v) is 2.75. The maximum Gasteiger partial charge on any atom is 0.279 e. The average molecular weight is 266 g/mol. The second-order valence-corrected chi connectivity index (χ2v) is 6.45. The normalized spacial score (nSPS) is 14.5. The lowest BCUT2D eigenvalue weighted by atomic mass is 10.0. The number of aliphatic hydroxyl groups excluding tert-OH is 1. The summed E-state index contributed by atoms with van der Waals surface area (Å²) >= 11 is 0. The van der Waals surface area contributed by atoms with Gasteiger partial charge >= 0.3 is 0 Å². The summed E-state index contributed by atoms with van der Waals surface area (Å²) in [6.07, 6.45) is 2.56.